The fourth-order valence-corrected chi connectivity index (χ4v) is 9.11. The molecule has 0 radical (unpaired) electrons. The Morgan fingerprint density at radius 1 is 0.235 bits per heavy atom. The molecule has 4 N–H and O–H groups in total. The Labute approximate surface area is 470 Å². The normalized spacial score (nSPS) is 10.9. The summed E-state index contributed by atoms with van der Waals surface area (Å²) in [6.07, 6.45) is 0. The van der Waals surface area contributed by atoms with Gasteiger partial charge in [-0.2, -0.15) is 0 Å². The molecule has 0 amide bonds. The maximum Gasteiger partial charge on any atom is 0.123 e. The molecule has 0 saturated heterocycles. The van der Waals surface area contributed by atoms with Crippen molar-refractivity contribution in [3.05, 3.63) is 253 Å². The highest BCUT2D eigenvalue weighted by molar-refractivity contribution is 5.72. The van der Waals surface area contributed by atoms with Crippen molar-refractivity contribution in [3.8, 4) is 102 Å². The van der Waals surface area contributed by atoms with Gasteiger partial charge in [0.25, 0.3) is 0 Å². The second-order valence-electron chi connectivity index (χ2n) is 18.7. The van der Waals surface area contributed by atoms with Crippen LogP contribution in [0.1, 0.15) is 22.6 Å². The van der Waals surface area contributed by atoms with Gasteiger partial charge in [0.15, 0.2) is 0 Å². The molecular weight excluding hydrogens is 1020 g/mol. The average molecular weight is 1080 g/mol. The van der Waals surface area contributed by atoms with E-state index in [9.17, 15) is 20.4 Å². The number of aromatic hydroxyl groups is 4. The van der Waals surface area contributed by atoms with Crippen molar-refractivity contribution in [1.82, 2.24) is 0 Å². The van der Waals surface area contributed by atoms with Crippen molar-refractivity contribution in [2.24, 2.45) is 0 Å². The van der Waals surface area contributed by atoms with E-state index in [0.717, 1.165) is 50.1 Å². The van der Waals surface area contributed by atoms with Crippen molar-refractivity contribution in [3.63, 3.8) is 0 Å². The molecule has 0 spiro atoms. The zero-order valence-corrected chi connectivity index (χ0v) is 44.3. The van der Waals surface area contributed by atoms with Crippen LogP contribution in [0.25, 0.3) is 33.4 Å². The number of hydrogen-bond acceptors (Lipinski definition) is 12. The monoisotopic (exact) mass is 1080 g/mol. The van der Waals surface area contributed by atoms with E-state index in [4.69, 9.17) is 37.9 Å². The van der Waals surface area contributed by atoms with Crippen LogP contribution < -0.4 is 37.9 Å². The summed E-state index contributed by atoms with van der Waals surface area (Å²) < 4.78 is 49.5. The molecule has 0 atom stereocenters. The summed E-state index contributed by atoms with van der Waals surface area (Å²) in [4.78, 5) is 0. The lowest BCUT2D eigenvalue weighted by atomic mass is 9.81. The van der Waals surface area contributed by atoms with Crippen LogP contribution in [0.2, 0.25) is 0 Å². The molecular formula is C69H60O12. The lowest BCUT2D eigenvalue weighted by molar-refractivity contribution is 0.214. The Kier molecular flexibility index (Phi) is 18.0. The van der Waals surface area contributed by atoms with Crippen molar-refractivity contribution >= 4 is 0 Å². The minimum Gasteiger partial charge on any atom is -0.508 e. The predicted molar refractivity (Wildman–Crippen MR) is 313 cm³/mol. The van der Waals surface area contributed by atoms with Gasteiger partial charge in [0.2, 0.25) is 0 Å². The second kappa shape index (κ2) is 26.9. The van der Waals surface area contributed by atoms with Gasteiger partial charge in [-0.1, -0.05) is 91.0 Å². The summed E-state index contributed by atoms with van der Waals surface area (Å²) >= 11 is 0. The first-order valence-corrected chi connectivity index (χ1v) is 26.6. The van der Waals surface area contributed by atoms with Crippen LogP contribution in [-0.4, -0.2) is 73.3 Å². The van der Waals surface area contributed by atoms with Crippen molar-refractivity contribution in [1.29, 1.82) is 0 Å². The summed E-state index contributed by atoms with van der Waals surface area (Å²) in [6.45, 7) is 2.18. The van der Waals surface area contributed by atoms with Gasteiger partial charge in [-0.25, -0.2) is 0 Å². The SMILES string of the molecule is Oc1ccc(OCCOc2ccc(-c3ccc(OCCOc4ccc(O)cc4)c(C(c4ccc(-c5ccccc5)cc4)c4cc(-c5ccc(OCCOc6ccc(O)cc6)cc5)ccc4OCCOc4ccc(O)cc4)c3)cc2)cc1. The molecule has 0 aromatic heterocycles. The third-order valence-electron chi connectivity index (χ3n) is 13.2. The second-order valence-corrected chi connectivity index (χ2v) is 18.7. The molecule has 0 unspecified atom stereocenters. The number of ether oxygens (including phenoxy) is 8. The Morgan fingerprint density at radius 2 is 0.481 bits per heavy atom. The van der Waals surface area contributed by atoms with E-state index >= 15 is 0 Å². The molecule has 10 aromatic rings. The van der Waals surface area contributed by atoms with Crippen LogP contribution in [-0.2, 0) is 0 Å². The quantitative estimate of drug-likeness (QED) is 0.0301. The lowest BCUT2D eigenvalue weighted by Crippen LogP contribution is -2.14. The average Bonchev–Trinajstić information content (AvgIpc) is 3.67. The summed E-state index contributed by atoms with van der Waals surface area (Å²) in [5.74, 6) is 5.32. The van der Waals surface area contributed by atoms with Gasteiger partial charge in [0.05, 0.1) is 0 Å². The van der Waals surface area contributed by atoms with Gasteiger partial charge in [0.1, 0.15) is 122 Å². The van der Waals surface area contributed by atoms with Crippen LogP contribution in [0.4, 0.5) is 0 Å². The highest BCUT2D eigenvalue weighted by Gasteiger charge is 2.26. The fraction of sp³-hybridized carbons (Fsp3) is 0.130. The van der Waals surface area contributed by atoms with E-state index in [1.807, 2.05) is 91.0 Å². The van der Waals surface area contributed by atoms with E-state index in [2.05, 4.69) is 48.5 Å². The van der Waals surface area contributed by atoms with E-state index < -0.39 is 5.92 Å². The zero-order chi connectivity index (χ0) is 55.6. The van der Waals surface area contributed by atoms with Gasteiger partial charge in [-0.3, -0.25) is 0 Å². The summed E-state index contributed by atoms with van der Waals surface area (Å²) in [5.41, 5.74) is 8.67. The Balaban J connectivity index is 1.00. The maximum atomic E-state index is 9.89. The Morgan fingerprint density at radius 3 is 0.802 bits per heavy atom. The third-order valence-corrected chi connectivity index (χ3v) is 13.2. The molecule has 10 aromatic carbocycles. The first-order valence-electron chi connectivity index (χ1n) is 26.6. The summed E-state index contributed by atoms with van der Waals surface area (Å²) in [6, 6.07) is 73.6. The zero-order valence-electron chi connectivity index (χ0n) is 44.3. The van der Waals surface area contributed by atoms with E-state index in [-0.39, 0.29) is 49.4 Å². The largest absolute Gasteiger partial charge is 0.508 e. The minimum atomic E-state index is -0.469. The lowest BCUT2D eigenvalue weighted by Gasteiger charge is -2.26. The van der Waals surface area contributed by atoms with Gasteiger partial charge in [-0.15, -0.1) is 0 Å². The molecule has 12 nitrogen and oxygen atoms in total. The predicted octanol–water partition coefficient (Wildman–Crippen LogP) is 14.5. The smallest absolute Gasteiger partial charge is 0.123 e. The van der Waals surface area contributed by atoms with Crippen molar-refractivity contribution in [2.75, 3.05) is 52.9 Å². The molecule has 0 saturated carbocycles. The molecule has 81 heavy (non-hydrogen) atoms. The molecule has 408 valence electrons. The highest BCUT2D eigenvalue weighted by atomic mass is 16.5. The number of benzene rings is 10. The molecule has 0 heterocycles. The molecule has 0 aliphatic heterocycles. The molecule has 10 rings (SSSR count). The summed E-state index contributed by atoms with van der Waals surface area (Å²) in [7, 11) is 0. The van der Waals surface area contributed by atoms with Crippen molar-refractivity contribution < 1.29 is 58.3 Å². The molecule has 12 heteroatoms. The minimum absolute atomic E-state index is 0.151. The maximum absolute atomic E-state index is 9.89. The number of phenols is 4. The van der Waals surface area contributed by atoms with Crippen LogP contribution in [0, 0.1) is 0 Å². The van der Waals surface area contributed by atoms with Crippen LogP contribution in [0.15, 0.2) is 237 Å². The van der Waals surface area contributed by atoms with E-state index in [0.29, 0.717) is 72.4 Å². The molecule has 0 bridgehead atoms. The van der Waals surface area contributed by atoms with Gasteiger partial charge in [-0.05, 0) is 185 Å². The molecule has 0 fully saturated rings. The van der Waals surface area contributed by atoms with E-state index in [1.54, 1.807) is 97.1 Å². The molecule has 0 aliphatic carbocycles. The van der Waals surface area contributed by atoms with Gasteiger partial charge in [0, 0.05) is 17.0 Å². The Hall–Kier alpha value is -10.2. The molecule has 0 aliphatic rings. The first-order chi connectivity index (χ1) is 39.8. The highest BCUT2D eigenvalue weighted by Crippen LogP contribution is 2.45. The van der Waals surface area contributed by atoms with E-state index in [1.165, 1.54) is 0 Å². The Bertz CT molecular complexity index is 3340. The third kappa shape index (κ3) is 15.1. The summed E-state index contributed by atoms with van der Waals surface area (Å²) in [5, 5.41) is 39.1. The van der Waals surface area contributed by atoms with Crippen LogP contribution in [0.3, 0.4) is 0 Å². The van der Waals surface area contributed by atoms with Gasteiger partial charge < -0.3 is 58.3 Å². The van der Waals surface area contributed by atoms with Gasteiger partial charge >= 0.3 is 0 Å². The number of rotatable bonds is 26. The fourth-order valence-electron chi connectivity index (χ4n) is 9.11. The van der Waals surface area contributed by atoms with Crippen molar-refractivity contribution in [2.45, 2.75) is 5.92 Å². The number of phenolic OH excluding ortho intramolecular Hbond substituents is 4. The topological polar surface area (TPSA) is 155 Å². The van der Waals surface area contributed by atoms with Crippen LogP contribution in [0.5, 0.6) is 69.0 Å². The van der Waals surface area contributed by atoms with Crippen LogP contribution >= 0.6 is 0 Å². The first kappa shape index (κ1) is 54.2. The number of hydrogen-bond donors (Lipinski definition) is 4. The standard InChI is InChI=1S/C69H60O12/c70-55-16-28-61(29-17-55)76-40-38-74-59-24-10-50(11-25-59)53-14-36-67(80-44-42-78-63-32-20-57(72)21-33-63)65(46-53)69(52-8-6-49(7-9-52)48-4-2-1-3-5-48)66-47-54(15-37-68(66)81-45-43-79-64-34-22-58(73)23-35-64)51-12-26-60(27-13-51)75-39-41-77-62-30-18-56(71)19-31-62/h1-37,46-47,69-73H,38-45H2.